The maximum Gasteiger partial charge on any atom is 0.296 e. The predicted molar refractivity (Wildman–Crippen MR) is 93.6 cm³/mol. The van der Waals surface area contributed by atoms with Crippen molar-refractivity contribution < 1.29 is 4.42 Å². The molecule has 0 spiro atoms. The Morgan fingerprint density at radius 2 is 1.87 bits per heavy atom. The van der Waals surface area contributed by atoms with E-state index in [-0.39, 0.29) is 0 Å². The van der Waals surface area contributed by atoms with Gasteiger partial charge in [-0.15, -0.1) is 11.3 Å². The Hall–Kier alpha value is -2.66. The highest BCUT2D eigenvalue weighted by atomic mass is 32.1. The Balaban J connectivity index is 1.51. The van der Waals surface area contributed by atoms with E-state index >= 15 is 0 Å². The monoisotopic (exact) mass is 321 g/mol. The van der Waals surface area contributed by atoms with E-state index in [0.717, 1.165) is 21.8 Å². The Morgan fingerprint density at radius 1 is 1.04 bits per heavy atom. The van der Waals surface area contributed by atoms with Crippen LogP contribution in [-0.2, 0) is 6.54 Å². The number of nitrogens with zero attached hydrogens (tertiary/aromatic N) is 2. The maximum atomic E-state index is 5.65. The molecule has 0 aliphatic heterocycles. The fourth-order valence-corrected chi connectivity index (χ4v) is 3.35. The summed E-state index contributed by atoms with van der Waals surface area (Å²) in [4.78, 5) is 9.10. The molecule has 0 unspecified atom stereocenters. The first-order valence-corrected chi connectivity index (χ1v) is 8.27. The van der Waals surface area contributed by atoms with Gasteiger partial charge in [0.1, 0.15) is 10.5 Å². The summed E-state index contributed by atoms with van der Waals surface area (Å²) < 4.78 is 5.65. The molecule has 2 aromatic heterocycles. The van der Waals surface area contributed by atoms with Crippen molar-refractivity contribution in [2.45, 2.75) is 13.5 Å². The second kappa shape index (κ2) is 5.85. The molecule has 0 atom stereocenters. The summed E-state index contributed by atoms with van der Waals surface area (Å²) in [6.45, 7) is 2.70. The molecular formula is C18H15N3OS. The van der Waals surface area contributed by atoms with E-state index in [1.54, 1.807) is 11.3 Å². The number of aryl methyl sites for hydroxylation is 1. The van der Waals surface area contributed by atoms with Crippen molar-refractivity contribution >= 4 is 28.5 Å². The second-order valence-electron chi connectivity index (χ2n) is 5.30. The Kier molecular flexibility index (Phi) is 3.55. The zero-order valence-corrected chi connectivity index (χ0v) is 13.4. The van der Waals surface area contributed by atoms with Crippen LogP contribution >= 0.6 is 11.3 Å². The lowest BCUT2D eigenvalue weighted by atomic mass is 10.1. The summed E-state index contributed by atoms with van der Waals surface area (Å²) in [5, 5.41) is 6.30. The van der Waals surface area contributed by atoms with Gasteiger partial charge in [0, 0.05) is 10.9 Å². The largest absolute Gasteiger partial charge is 0.424 e. The predicted octanol–water partition coefficient (Wildman–Crippen LogP) is 4.87. The third-order valence-electron chi connectivity index (χ3n) is 3.64. The third-order valence-corrected chi connectivity index (χ3v) is 4.57. The van der Waals surface area contributed by atoms with E-state index in [0.29, 0.717) is 12.6 Å². The average molecular weight is 321 g/mol. The molecule has 114 valence electrons. The van der Waals surface area contributed by atoms with Crippen LogP contribution in [0.15, 0.2) is 58.3 Å². The highest BCUT2D eigenvalue weighted by Gasteiger charge is 2.08. The molecule has 0 bridgehead atoms. The van der Waals surface area contributed by atoms with Crippen molar-refractivity contribution in [1.82, 2.24) is 9.97 Å². The number of benzene rings is 2. The summed E-state index contributed by atoms with van der Waals surface area (Å²) in [6.07, 6.45) is 0. The second-order valence-corrected chi connectivity index (χ2v) is 6.16. The molecule has 0 saturated carbocycles. The number of rotatable bonds is 4. The first-order valence-electron chi connectivity index (χ1n) is 7.39. The molecule has 4 aromatic rings. The molecule has 2 heterocycles. The topological polar surface area (TPSA) is 51.0 Å². The SMILES string of the molecule is Cc1ccccc1-c1nc(CNc2nc3ccccc3o2)cs1. The molecule has 4 rings (SSSR count). The minimum atomic E-state index is 0.525. The van der Waals surface area contributed by atoms with Crippen LogP contribution in [-0.4, -0.2) is 9.97 Å². The number of hydrogen-bond acceptors (Lipinski definition) is 5. The van der Waals surface area contributed by atoms with Gasteiger partial charge in [0.25, 0.3) is 6.01 Å². The van der Waals surface area contributed by atoms with Gasteiger partial charge >= 0.3 is 0 Å². The van der Waals surface area contributed by atoms with Gasteiger partial charge in [0.05, 0.1) is 12.2 Å². The van der Waals surface area contributed by atoms with Crippen LogP contribution in [0, 0.1) is 6.92 Å². The maximum absolute atomic E-state index is 5.65. The van der Waals surface area contributed by atoms with Gasteiger partial charge in [-0.2, -0.15) is 4.98 Å². The zero-order valence-electron chi connectivity index (χ0n) is 12.6. The number of hydrogen-bond donors (Lipinski definition) is 1. The average Bonchev–Trinajstić information content (AvgIpc) is 3.19. The molecule has 4 nitrogen and oxygen atoms in total. The Bertz CT molecular complexity index is 924. The number of oxazole rings is 1. The highest BCUT2D eigenvalue weighted by molar-refractivity contribution is 7.13. The van der Waals surface area contributed by atoms with Crippen LogP contribution in [0.4, 0.5) is 6.01 Å². The first-order chi connectivity index (χ1) is 11.3. The van der Waals surface area contributed by atoms with E-state index < -0.39 is 0 Å². The molecule has 2 aromatic carbocycles. The molecule has 0 saturated heterocycles. The molecule has 5 heteroatoms. The van der Waals surface area contributed by atoms with Crippen LogP contribution in [0.3, 0.4) is 0 Å². The molecule has 0 aliphatic rings. The van der Waals surface area contributed by atoms with E-state index in [4.69, 9.17) is 9.40 Å². The number of para-hydroxylation sites is 2. The van der Waals surface area contributed by atoms with Crippen LogP contribution in [0.1, 0.15) is 11.3 Å². The molecule has 0 fully saturated rings. The van der Waals surface area contributed by atoms with Crippen molar-refractivity contribution in [3.8, 4) is 10.6 Å². The molecular weight excluding hydrogens is 306 g/mol. The number of anilines is 1. The summed E-state index contributed by atoms with van der Waals surface area (Å²) in [7, 11) is 0. The molecule has 0 amide bonds. The van der Waals surface area contributed by atoms with Crippen molar-refractivity contribution in [3.63, 3.8) is 0 Å². The Labute approximate surface area is 137 Å². The summed E-state index contributed by atoms with van der Waals surface area (Å²) in [5.41, 5.74) is 5.05. The number of thiazole rings is 1. The fourth-order valence-electron chi connectivity index (χ4n) is 2.44. The minimum Gasteiger partial charge on any atom is -0.424 e. The van der Waals surface area contributed by atoms with Crippen molar-refractivity contribution in [3.05, 3.63) is 65.2 Å². The summed E-state index contributed by atoms with van der Waals surface area (Å²) in [6, 6.07) is 16.5. The lowest BCUT2D eigenvalue weighted by Gasteiger charge is -2.01. The van der Waals surface area contributed by atoms with Gasteiger partial charge in [-0.3, -0.25) is 0 Å². The van der Waals surface area contributed by atoms with Crippen molar-refractivity contribution in [2.75, 3.05) is 5.32 Å². The standard InChI is InChI=1S/C18H15N3OS/c1-12-6-2-3-7-14(12)17-20-13(11-23-17)10-19-18-21-15-8-4-5-9-16(15)22-18/h2-9,11H,10H2,1H3,(H,19,21). The van der Waals surface area contributed by atoms with Gasteiger partial charge in [0.15, 0.2) is 5.58 Å². The van der Waals surface area contributed by atoms with Gasteiger partial charge in [-0.05, 0) is 24.6 Å². The zero-order chi connectivity index (χ0) is 15.6. The number of fused-ring (bicyclic) bond motifs is 1. The van der Waals surface area contributed by atoms with Crippen LogP contribution in [0.5, 0.6) is 0 Å². The molecule has 23 heavy (non-hydrogen) atoms. The lowest BCUT2D eigenvalue weighted by Crippen LogP contribution is -1.99. The van der Waals surface area contributed by atoms with Crippen molar-refractivity contribution in [2.24, 2.45) is 0 Å². The number of nitrogens with one attached hydrogen (secondary N) is 1. The summed E-state index contributed by atoms with van der Waals surface area (Å²) in [5.74, 6) is 0. The third kappa shape index (κ3) is 2.83. The quantitative estimate of drug-likeness (QED) is 0.582. The lowest BCUT2D eigenvalue weighted by molar-refractivity contribution is 0.614. The minimum absolute atomic E-state index is 0.525. The molecule has 0 radical (unpaired) electrons. The van der Waals surface area contributed by atoms with Crippen LogP contribution in [0.25, 0.3) is 21.7 Å². The number of aromatic nitrogens is 2. The van der Waals surface area contributed by atoms with E-state index in [1.807, 2.05) is 36.4 Å². The Morgan fingerprint density at radius 3 is 2.74 bits per heavy atom. The smallest absolute Gasteiger partial charge is 0.296 e. The van der Waals surface area contributed by atoms with Crippen LogP contribution < -0.4 is 5.32 Å². The van der Waals surface area contributed by atoms with Gasteiger partial charge < -0.3 is 9.73 Å². The van der Waals surface area contributed by atoms with E-state index in [9.17, 15) is 0 Å². The molecule has 1 N–H and O–H groups in total. The van der Waals surface area contributed by atoms with Crippen molar-refractivity contribution in [1.29, 1.82) is 0 Å². The van der Waals surface area contributed by atoms with Gasteiger partial charge in [-0.25, -0.2) is 4.98 Å². The van der Waals surface area contributed by atoms with Crippen LogP contribution in [0.2, 0.25) is 0 Å². The first kappa shape index (κ1) is 14.0. The van der Waals surface area contributed by atoms with E-state index in [1.165, 1.54) is 11.1 Å². The van der Waals surface area contributed by atoms with Gasteiger partial charge in [0.2, 0.25) is 0 Å². The van der Waals surface area contributed by atoms with E-state index in [2.05, 4.69) is 34.7 Å². The molecule has 0 aliphatic carbocycles. The van der Waals surface area contributed by atoms with Gasteiger partial charge in [-0.1, -0.05) is 36.4 Å². The highest BCUT2D eigenvalue weighted by Crippen LogP contribution is 2.27. The summed E-state index contributed by atoms with van der Waals surface area (Å²) >= 11 is 1.65. The normalized spacial score (nSPS) is 11.0. The fraction of sp³-hybridized carbons (Fsp3) is 0.111.